The van der Waals surface area contributed by atoms with Gasteiger partial charge < -0.3 is 10.6 Å². The van der Waals surface area contributed by atoms with Gasteiger partial charge in [-0.25, -0.2) is 0 Å². The van der Waals surface area contributed by atoms with E-state index >= 15 is 0 Å². The van der Waals surface area contributed by atoms with E-state index in [1.165, 1.54) is 23.1 Å². The summed E-state index contributed by atoms with van der Waals surface area (Å²) in [7, 11) is 0. The van der Waals surface area contributed by atoms with Crippen LogP contribution in [-0.4, -0.2) is 18.5 Å². The van der Waals surface area contributed by atoms with Crippen LogP contribution in [0.15, 0.2) is 48.5 Å². The molecule has 4 heteroatoms. The molecule has 3 rings (SSSR count). The van der Waals surface area contributed by atoms with E-state index in [9.17, 15) is 4.79 Å². The van der Waals surface area contributed by atoms with Gasteiger partial charge in [0, 0.05) is 19.0 Å². The first kappa shape index (κ1) is 18.5. The van der Waals surface area contributed by atoms with Crippen molar-refractivity contribution in [2.45, 2.75) is 38.8 Å². The summed E-state index contributed by atoms with van der Waals surface area (Å²) in [5, 5.41) is 6.37. The summed E-state index contributed by atoms with van der Waals surface area (Å²) in [6.45, 7) is 3.74. The van der Waals surface area contributed by atoms with E-state index in [1.54, 1.807) is 0 Å². The van der Waals surface area contributed by atoms with Crippen molar-refractivity contribution in [1.82, 2.24) is 10.6 Å². The van der Waals surface area contributed by atoms with Crippen LogP contribution < -0.4 is 10.6 Å². The van der Waals surface area contributed by atoms with Gasteiger partial charge in [-0.1, -0.05) is 54.1 Å². The summed E-state index contributed by atoms with van der Waals surface area (Å²) in [5.41, 5.74) is 4.83. The third-order valence-corrected chi connectivity index (χ3v) is 4.39. The Kier molecular flexibility index (Phi) is 6.83. The van der Waals surface area contributed by atoms with Crippen LogP contribution in [0.1, 0.15) is 30.4 Å². The Morgan fingerprint density at radius 2 is 1.96 bits per heavy atom. The number of benzene rings is 2. The van der Waals surface area contributed by atoms with E-state index < -0.39 is 0 Å². The third kappa shape index (κ3) is 5.08. The summed E-state index contributed by atoms with van der Waals surface area (Å²) in [6, 6.07) is 17.3. The molecule has 1 aliphatic rings. The van der Waals surface area contributed by atoms with Crippen molar-refractivity contribution in [3.05, 3.63) is 59.7 Å². The van der Waals surface area contributed by atoms with Crippen molar-refractivity contribution in [3.8, 4) is 11.1 Å². The number of carbonyl (C=O) groups excluding carboxylic acids is 1. The molecule has 1 atom stereocenters. The zero-order chi connectivity index (χ0) is 16.1. The number of nitrogens with one attached hydrogen (secondary N) is 2. The Morgan fingerprint density at radius 1 is 1.17 bits per heavy atom. The van der Waals surface area contributed by atoms with E-state index in [1.807, 2.05) is 0 Å². The fourth-order valence-corrected chi connectivity index (χ4v) is 3.07. The highest BCUT2D eigenvalue weighted by molar-refractivity contribution is 5.85. The van der Waals surface area contributed by atoms with Crippen LogP contribution in [0.5, 0.6) is 0 Å². The van der Waals surface area contributed by atoms with E-state index in [-0.39, 0.29) is 18.3 Å². The SMILES string of the molecule is Cc1cccc(-c2ccc(CNC(=O)CC3CCCN3)cc2)c1.Cl. The summed E-state index contributed by atoms with van der Waals surface area (Å²) >= 11 is 0. The molecule has 0 radical (unpaired) electrons. The highest BCUT2D eigenvalue weighted by Crippen LogP contribution is 2.20. The van der Waals surface area contributed by atoms with Crippen LogP contribution in [0.2, 0.25) is 0 Å². The molecule has 2 aromatic rings. The second-order valence-corrected chi connectivity index (χ2v) is 6.34. The number of hydrogen-bond donors (Lipinski definition) is 2. The maximum absolute atomic E-state index is 11.9. The van der Waals surface area contributed by atoms with Gasteiger partial charge >= 0.3 is 0 Å². The molecule has 0 aromatic heterocycles. The average Bonchev–Trinajstić information content (AvgIpc) is 3.06. The van der Waals surface area contributed by atoms with Crippen LogP contribution in [-0.2, 0) is 11.3 Å². The molecule has 2 N–H and O–H groups in total. The molecule has 1 heterocycles. The second kappa shape index (κ2) is 8.86. The lowest BCUT2D eigenvalue weighted by Crippen LogP contribution is -2.31. The highest BCUT2D eigenvalue weighted by Gasteiger charge is 2.17. The maximum atomic E-state index is 11.9. The monoisotopic (exact) mass is 344 g/mol. The molecule has 0 saturated carbocycles. The van der Waals surface area contributed by atoms with Gasteiger partial charge in [0.15, 0.2) is 0 Å². The van der Waals surface area contributed by atoms with Crippen molar-refractivity contribution >= 4 is 18.3 Å². The van der Waals surface area contributed by atoms with Crippen molar-refractivity contribution in [2.75, 3.05) is 6.54 Å². The predicted molar refractivity (Wildman–Crippen MR) is 101 cm³/mol. The number of halogens is 1. The van der Waals surface area contributed by atoms with Gasteiger partial charge in [0.05, 0.1) is 0 Å². The normalized spacial score (nSPS) is 16.5. The van der Waals surface area contributed by atoms with Crippen molar-refractivity contribution in [1.29, 1.82) is 0 Å². The summed E-state index contributed by atoms with van der Waals surface area (Å²) in [4.78, 5) is 11.9. The van der Waals surface area contributed by atoms with Gasteiger partial charge in [0.1, 0.15) is 0 Å². The molecular weight excluding hydrogens is 320 g/mol. The van der Waals surface area contributed by atoms with E-state index in [2.05, 4.69) is 66.1 Å². The number of rotatable bonds is 5. The highest BCUT2D eigenvalue weighted by atomic mass is 35.5. The first-order valence-electron chi connectivity index (χ1n) is 8.37. The Hall–Kier alpha value is -1.84. The topological polar surface area (TPSA) is 41.1 Å². The molecule has 24 heavy (non-hydrogen) atoms. The molecule has 1 fully saturated rings. The van der Waals surface area contributed by atoms with Gasteiger partial charge in [-0.05, 0) is 43.0 Å². The molecule has 0 aliphatic carbocycles. The lowest BCUT2D eigenvalue weighted by Gasteiger charge is -2.11. The zero-order valence-electron chi connectivity index (χ0n) is 14.0. The molecule has 2 aromatic carbocycles. The Morgan fingerprint density at radius 3 is 2.62 bits per heavy atom. The minimum atomic E-state index is 0. The van der Waals surface area contributed by atoms with Gasteiger partial charge in [-0.15, -0.1) is 12.4 Å². The number of aryl methyl sites for hydroxylation is 1. The lowest BCUT2D eigenvalue weighted by molar-refractivity contribution is -0.121. The number of carbonyl (C=O) groups is 1. The van der Waals surface area contributed by atoms with Crippen molar-refractivity contribution in [3.63, 3.8) is 0 Å². The first-order valence-corrected chi connectivity index (χ1v) is 8.37. The van der Waals surface area contributed by atoms with Gasteiger partial charge in [0.2, 0.25) is 5.91 Å². The van der Waals surface area contributed by atoms with Gasteiger partial charge in [0.25, 0.3) is 0 Å². The fourth-order valence-electron chi connectivity index (χ4n) is 3.07. The summed E-state index contributed by atoms with van der Waals surface area (Å²) < 4.78 is 0. The number of amides is 1. The fraction of sp³-hybridized carbons (Fsp3) is 0.350. The van der Waals surface area contributed by atoms with Gasteiger partial charge in [-0.3, -0.25) is 4.79 Å². The standard InChI is InChI=1S/C20H24N2O.ClH/c1-15-4-2-5-18(12-15)17-9-7-16(8-10-17)14-22-20(23)13-19-6-3-11-21-19;/h2,4-5,7-10,12,19,21H,3,6,11,13-14H2,1H3,(H,22,23);1H. The van der Waals surface area contributed by atoms with Crippen LogP contribution in [0.4, 0.5) is 0 Å². The first-order chi connectivity index (χ1) is 11.2. The maximum Gasteiger partial charge on any atom is 0.221 e. The number of hydrogen-bond acceptors (Lipinski definition) is 2. The predicted octanol–water partition coefficient (Wildman–Crippen LogP) is 3.84. The summed E-state index contributed by atoms with van der Waals surface area (Å²) in [5.74, 6) is 0.132. The lowest BCUT2D eigenvalue weighted by atomic mass is 10.0. The third-order valence-electron chi connectivity index (χ3n) is 4.39. The summed E-state index contributed by atoms with van der Waals surface area (Å²) in [6.07, 6.45) is 2.87. The molecule has 128 valence electrons. The zero-order valence-corrected chi connectivity index (χ0v) is 14.9. The molecule has 0 spiro atoms. The molecule has 1 aliphatic heterocycles. The van der Waals surface area contributed by atoms with E-state index in [0.29, 0.717) is 19.0 Å². The van der Waals surface area contributed by atoms with E-state index in [0.717, 1.165) is 18.5 Å². The van der Waals surface area contributed by atoms with Crippen molar-refractivity contribution in [2.24, 2.45) is 0 Å². The Balaban J connectivity index is 0.00000208. The molecule has 1 saturated heterocycles. The van der Waals surface area contributed by atoms with Crippen LogP contribution >= 0.6 is 12.4 Å². The average molecular weight is 345 g/mol. The van der Waals surface area contributed by atoms with E-state index in [4.69, 9.17) is 0 Å². The quantitative estimate of drug-likeness (QED) is 0.865. The van der Waals surface area contributed by atoms with Crippen LogP contribution in [0.25, 0.3) is 11.1 Å². The smallest absolute Gasteiger partial charge is 0.221 e. The molecule has 1 unspecified atom stereocenters. The Labute approximate surface area is 150 Å². The second-order valence-electron chi connectivity index (χ2n) is 6.34. The Bertz CT molecular complexity index is 664. The molecule has 1 amide bonds. The van der Waals surface area contributed by atoms with Gasteiger partial charge in [-0.2, -0.15) is 0 Å². The molecule has 3 nitrogen and oxygen atoms in total. The van der Waals surface area contributed by atoms with Crippen molar-refractivity contribution < 1.29 is 4.79 Å². The largest absolute Gasteiger partial charge is 0.352 e. The minimum Gasteiger partial charge on any atom is -0.352 e. The minimum absolute atomic E-state index is 0. The molecule has 0 bridgehead atoms. The van der Waals surface area contributed by atoms with Crippen LogP contribution in [0, 0.1) is 6.92 Å². The molecular formula is C20H25ClN2O. The van der Waals surface area contributed by atoms with Crippen LogP contribution in [0.3, 0.4) is 0 Å².